The number of imidazole rings is 1. The van der Waals surface area contributed by atoms with Crippen molar-refractivity contribution in [1.29, 1.82) is 0 Å². The molecule has 0 unspecified atom stereocenters. The third kappa shape index (κ3) is 2.09. The lowest BCUT2D eigenvalue weighted by atomic mass is 10.1. The van der Waals surface area contributed by atoms with Crippen LogP contribution in [-0.2, 0) is 0 Å². The van der Waals surface area contributed by atoms with Crippen LogP contribution in [0.3, 0.4) is 0 Å². The number of hydrogen-bond acceptors (Lipinski definition) is 2. The van der Waals surface area contributed by atoms with E-state index in [1.807, 2.05) is 13.0 Å². The maximum absolute atomic E-state index is 14.1. The summed E-state index contributed by atoms with van der Waals surface area (Å²) in [6, 6.07) is 5.29. The first-order valence-electron chi connectivity index (χ1n) is 7.13. The summed E-state index contributed by atoms with van der Waals surface area (Å²) in [4.78, 5) is 4.66. The molecule has 1 aromatic heterocycles. The Bertz CT molecular complexity index is 654. The molecule has 3 nitrogen and oxygen atoms in total. The highest BCUT2D eigenvalue weighted by molar-refractivity contribution is 5.72. The number of aryl methyl sites for hydroxylation is 1. The molecule has 1 fully saturated rings. The van der Waals surface area contributed by atoms with Gasteiger partial charge in [0.1, 0.15) is 23.2 Å². The Morgan fingerprint density at radius 1 is 1.35 bits per heavy atom. The molecule has 0 aliphatic heterocycles. The molecule has 0 atom stereocenters. The Balaban J connectivity index is 2.19. The molecule has 1 heterocycles. The fraction of sp³-hybridized carbons (Fsp3) is 0.438. The average Bonchev–Trinajstić information content (AvgIpc) is 3.16. The van der Waals surface area contributed by atoms with Gasteiger partial charge in [0.15, 0.2) is 0 Å². The van der Waals surface area contributed by atoms with Crippen LogP contribution in [0.4, 0.5) is 10.2 Å². The first-order chi connectivity index (χ1) is 9.49. The first-order valence-corrected chi connectivity index (χ1v) is 7.13. The minimum Gasteiger partial charge on any atom is -0.383 e. The van der Waals surface area contributed by atoms with Gasteiger partial charge in [0, 0.05) is 17.5 Å². The summed E-state index contributed by atoms with van der Waals surface area (Å²) in [6.07, 6.45) is 2.30. The van der Waals surface area contributed by atoms with Crippen LogP contribution >= 0.6 is 0 Å². The second kappa shape index (κ2) is 4.62. The van der Waals surface area contributed by atoms with Crippen molar-refractivity contribution in [2.24, 2.45) is 0 Å². The molecule has 4 heteroatoms. The Morgan fingerprint density at radius 2 is 2.05 bits per heavy atom. The van der Waals surface area contributed by atoms with Crippen LogP contribution in [0.15, 0.2) is 18.2 Å². The first kappa shape index (κ1) is 13.2. The van der Waals surface area contributed by atoms with E-state index < -0.39 is 0 Å². The van der Waals surface area contributed by atoms with Crippen molar-refractivity contribution in [3.63, 3.8) is 0 Å². The Kier molecular flexibility index (Phi) is 3.04. The van der Waals surface area contributed by atoms with Gasteiger partial charge in [-0.2, -0.15) is 0 Å². The van der Waals surface area contributed by atoms with Crippen molar-refractivity contribution in [3.05, 3.63) is 35.4 Å². The van der Waals surface area contributed by atoms with Crippen molar-refractivity contribution in [2.45, 2.75) is 45.6 Å². The minimum absolute atomic E-state index is 0.236. The zero-order valence-electron chi connectivity index (χ0n) is 12.2. The van der Waals surface area contributed by atoms with Gasteiger partial charge < -0.3 is 10.3 Å². The summed E-state index contributed by atoms with van der Waals surface area (Å²) in [5, 5.41) is 0. The summed E-state index contributed by atoms with van der Waals surface area (Å²) < 4.78 is 16.1. The lowest BCUT2D eigenvalue weighted by molar-refractivity contribution is 0.576. The van der Waals surface area contributed by atoms with Crippen LogP contribution in [0.5, 0.6) is 0 Å². The van der Waals surface area contributed by atoms with Crippen LogP contribution in [-0.4, -0.2) is 9.55 Å². The van der Waals surface area contributed by atoms with E-state index in [1.54, 1.807) is 6.07 Å². The van der Waals surface area contributed by atoms with Gasteiger partial charge in [0.2, 0.25) is 0 Å². The number of nitrogens with zero attached hydrogens (tertiary/aromatic N) is 2. The molecule has 0 amide bonds. The smallest absolute Gasteiger partial charge is 0.132 e. The number of benzene rings is 1. The van der Waals surface area contributed by atoms with Crippen molar-refractivity contribution >= 4 is 5.82 Å². The maximum Gasteiger partial charge on any atom is 0.132 e. The third-order valence-electron chi connectivity index (χ3n) is 3.81. The molecule has 0 radical (unpaired) electrons. The average molecular weight is 273 g/mol. The molecule has 1 aromatic carbocycles. The number of hydrogen-bond donors (Lipinski definition) is 1. The fourth-order valence-corrected chi connectivity index (χ4v) is 2.65. The Morgan fingerprint density at radius 3 is 2.65 bits per heavy atom. The van der Waals surface area contributed by atoms with E-state index in [0.29, 0.717) is 23.0 Å². The van der Waals surface area contributed by atoms with E-state index in [1.165, 1.54) is 6.07 Å². The fourth-order valence-electron chi connectivity index (χ4n) is 2.65. The van der Waals surface area contributed by atoms with E-state index in [9.17, 15) is 4.39 Å². The van der Waals surface area contributed by atoms with Gasteiger partial charge in [0.25, 0.3) is 0 Å². The standard InChI is InChI=1S/C16H20FN3/c1-9(2)20-15(18)14(19-16(20)11-5-6-11)12-8-10(3)4-7-13(12)17/h4,7-9,11H,5-6,18H2,1-3H3. The Hall–Kier alpha value is -1.84. The molecule has 1 saturated carbocycles. The van der Waals surface area contributed by atoms with Crippen molar-refractivity contribution in [1.82, 2.24) is 9.55 Å². The summed E-state index contributed by atoms with van der Waals surface area (Å²) in [7, 11) is 0. The molecule has 0 bridgehead atoms. The quantitative estimate of drug-likeness (QED) is 0.917. The molecule has 2 N–H and O–H groups in total. The number of anilines is 1. The summed E-state index contributed by atoms with van der Waals surface area (Å²) >= 11 is 0. The van der Waals surface area contributed by atoms with Crippen molar-refractivity contribution in [3.8, 4) is 11.3 Å². The Labute approximate surface area is 118 Å². The van der Waals surface area contributed by atoms with E-state index in [4.69, 9.17) is 5.73 Å². The van der Waals surface area contributed by atoms with E-state index in [2.05, 4.69) is 23.4 Å². The predicted octanol–water partition coefficient (Wildman–Crippen LogP) is 4.04. The second-order valence-corrected chi connectivity index (χ2v) is 5.93. The highest BCUT2D eigenvalue weighted by Gasteiger charge is 2.32. The van der Waals surface area contributed by atoms with Gasteiger partial charge in [-0.1, -0.05) is 11.6 Å². The zero-order chi connectivity index (χ0) is 14.4. The topological polar surface area (TPSA) is 43.8 Å². The van der Waals surface area contributed by atoms with Crippen LogP contribution in [0.25, 0.3) is 11.3 Å². The third-order valence-corrected chi connectivity index (χ3v) is 3.81. The largest absolute Gasteiger partial charge is 0.383 e. The van der Waals surface area contributed by atoms with Crippen molar-refractivity contribution < 1.29 is 4.39 Å². The van der Waals surface area contributed by atoms with Crippen molar-refractivity contribution in [2.75, 3.05) is 5.73 Å². The predicted molar refractivity (Wildman–Crippen MR) is 79.1 cm³/mol. The summed E-state index contributed by atoms with van der Waals surface area (Å²) in [6.45, 7) is 6.11. The second-order valence-electron chi connectivity index (χ2n) is 5.93. The number of nitrogens with two attached hydrogens (primary N) is 1. The van der Waals surface area contributed by atoms with Crippen LogP contribution in [0.1, 0.15) is 50.0 Å². The van der Waals surface area contributed by atoms with E-state index in [-0.39, 0.29) is 11.9 Å². The maximum atomic E-state index is 14.1. The molecule has 3 rings (SSSR count). The van der Waals surface area contributed by atoms with Crippen LogP contribution < -0.4 is 5.73 Å². The molecule has 0 saturated heterocycles. The molecule has 20 heavy (non-hydrogen) atoms. The molecular weight excluding hydrogens is 253 g/mol. The van der Waals surface area contributed by atoms with Gasteiger partial charge in [-0.05, 0) is 45.7 Å². The molecule has 1 aliphatic rings. The highest BCUT2D eigenvalue weighted by atomic mass is 19.1. The number of aromatic nitrogens is 2. The number of nitrogen functional groups attached to an aromatic ring is 1. The molecule has 106 valence electrons. The normalized spacial score (nSPS) is 15.1. The zero-order valence-corrected chi connectivity index (χ0v) is 12.2. The molecular formula is C16H20FN3. The van der Waals surface area contributed by atoms with E-state index >= 15 is 0 Å². The van der Waals surface area contributed by atoms with Gasteiger partial charge in [-0.3, -0.25) is 0 Å². The highest BCUT2D eigenvalue weighted by Crippen LogP contribution is 2.43. The lowest BCUT2D eigenvalue weighted by Crippen LogP contribution is -2.09. The van der Waals surface area contributed by atoms with Gasteiger partial charge in [0.05, 0.1) is 0 Å². The van der Waals surface area contributed by atoms with Crippen LogP contribution in [0.2, 0.25) is 0 Å². The number of rotatable bonds is 3. The van der Waals surface area contributed by atoms with Gasteiger partial charge in [-0.25, -0.2) is 9.37 Å². The summed E-state index contributed by atoms with van der Waals surface area (Å²) in [5.41, 5.74) is 8.35. The lowest BCUT2D eigenvalue weighted by Gasteiger charge is -2.13. The molecule has 1 aliphatic carbocycles. The minimum atomic E-state index is -0.266. The van der Waals surface area contributed by atoms with Gasteiger partial charge >= 0.3 is 0 Å². The van der Waals surface area contributed by atoms with Crippen LogP contribution in [0, 0.1) is 12.7 Å². The molecule has 0 spiro atoms. The monoisotopic (exact) mass is 273 g/mol. The van der Waals surface area contributed by atoms with Gasteiger partial charge in [-0.15, -0.1) is 0 Å². The molecule has 2 aromatic rings. The van der Waals surface area contributed by atoms with E-state index in [0.717, 1.165) is 24.2 Å². The number of halogens is 1. The SMILES string of the molecule is Cc1ccc(F)c(-c2nc(C3CC3)n(C(C)C)c2N)c1. The summed E-state index contributed by atoms with van der Waals surface area (Å²) in [5.74, 6) is 1.80.